The van der Waals surface area contributed by atoms with E-state index in [2.05, 4.69) is 82.2 Å². The van der Waals surface area contributed by atoms with Crippen LogP contribution in [0, 0.1) is 59.2 Å². The van der Waals surface area contributed by atoms with Gasteiger partial charge in [0.15, 0.2) is 0 Å². The van der Waals surface area contributed by atoms with Crippen LogP contribution in [0.25, 0.3) is 0 Å². The van der Waals surface area contributed by atoms with Gasteiger partial charge in [0.1, 0.15) is 17.5 Å². The van der Waals surface area contributed by atoms with Crippen molar-refractivity contribution >= 4 is 0 Å². The first-order chi connectivity index (χ1) is 21.5. The van der Waals surface area contributed by atoms with Crippen molar-refractivity contribution in [3.63, 3.8) is 0 Å². The fraction of sp³-hybridized carbons (Fsp3) is 0.773. The van der Waals surface area contributed by atoms with Crippen LogP contribution in [0.5, 0.6) is 0 Å². The molecular weight excluding hydrogens is 604 g/mol. The van der Waals surface area contributed by atoms with E-state index in [1.54, 1.807) is 44.9 Å². The molecule has 0 aromatic carbocycles. The number of allylic oxidation sites excluding steroid dienone is 10. The van der Waals surface area contributed by atoms with Crippen LogP contribution in [0.15, 0.2) is 57.8 Å². The van der Waals surface area contributed by atoms with Gasteiger partial charge in [-0.05, 0) is 68.8 Å². The third-order valence-electron chi connectivity index (χ3n) is 7.90. The lowest BCUT2D eigenvalue weighted by Gasteiger charge is -2.13. The van der Waals surface area contributed by atoms with Crippen LogP contribution in [0.1, 0.15) is 166 Å². The van der Waals surface area contributed by atoms with Crippen LogP contribution in [-0.4, -0.2) is 0 Å². The molecule has 0 nitrogen and oxygen atoms in total. The normalized spacial score (nSPS) is 14.0. The van der Waals surface area contributed by atoms with Gasteiger partial charge in [-0.15, -0.1) is 0 Å². The second-order valence-electron chi connectivity index (χ2n) is 16.3. The predicted octanol–water partition coefficient (Wildman–Crippen LogP) is 17.0. The molecule has 0 aliphatic heterocycles. The van der Waals surface area contributed by atoms with Gasteiger partial charge in [-0.2, -0.15) is 0 Å². The summed E-state index contributed by atoms with van der Waals surface area (Å²) in [6.07, 6.45) is 3.98. The minimum Gasteiger partial charge on any atom is -0.212 e. The van der Waals surface area contributed by atoms with Crippen LogP contribution in [0.2, 0.25) is 0 Å². The number of hydrogen-bond acceptors (Lipinski definition) is 0. The lowest BCUT2D eigenvalue weighted by Crippen LogP contribution is -1.98. The second kappa shape index (κ2) is 30.3. The molecular formula is C44H84F4. The first-order valence-electron chi connectivity index (χ1n) is 18.6. The third-order valence-corrected chi connectivity index (χ3v) is 7.90. The number of hydrogen-bond donors (Lipinski definition) is 0. The Bertz CT molecular complexity index is 803. The van der Waals surface area contributed by atoms with Crippen molar-refractivity contribution in [2.45, 2.75) is 166 Å². The van der Waals surface area contributed by atoms with E-state index in [-0.39, 0.29) is 35.3 Å². The van der Waals surface area contributed by atoms with Crippen molar-refractivity contribution in [3.05, 3.63) is 57.8 Å². The van der Waals surface area contributed by atoms with E-state index in [9.17, 15) is 17.6 Å². The topological polar surface area (TPSA) is 0 Å². The van der Waals surface area contributed by atoms with Crippen molar-refractivity contribution < 1.29 is 17.6 Å². The van der Waals surface area contributed by atoms with Crippen molar-refractivity contribution in [2.75, 3.05) is 0 Å². The highest BCUT2D eigenvalue weighted by Gasteiger charge is 2.12. The van der Waals surface area contributed by atoms with E-state index in [0.717, 1.165) is 5.57 Å². The van der Waals surface area contributed by atoms with Crippen LogP contribution >= 0.6 is 0 Å². The molecule has 4 heteroatoms. The molecule has 0 N–H and O–H groups in total. The van der Waals surface area contributed by atoms with Gasteiger partial charge in [0.05, 0.1) is 5.83 Å². The summed E-state index contributed by atoms with van der Waals surface area (Å²) in [5, 5.41) is 0. The summed E-state index contributed by atoms with van der Waals surface area (Å²) in [6, 6.07) is 0. The highest BCUT2D eigenvalue weighted by atomic mass is 19.2. The summed E-state index contributed by atoms with van der Waals surface area (Å²) in [5.41, 5.74) is 5.49. The monoisotopic (exact) mass is 689 g/mol. The molecule has 288 valence electrons. The number of halogens is 4. The van der Waals surface area contributed by atoms with Crippen molar-refractivity contribution in [1.82, 2.24) is 0 Å². The van der Waals surface area contributed by atoms with Crippen LogP contribution < -0.4 is 0 Å². The van der Waals surface area contributed by atoms with Crippen LogP contribution in [0.3, 0.4) is 0 Å². The standard InChI is InChI=1S/C10H20.C9H17F.C9H18.C8H14F2.C8H15F/c1-7(2)9(5)10(6)8(3)4;1-6(2)8(5)9(10)7(3)4;1-7(2)6-9(5)8(3)4;1-5(2)7(9)8(10)6(3)4;1-6(2)5-8(9)7(3)4/h7-8H,1-6H3;6-7H,1-5H3;6-8H,1-5H3;5-6H,1-4H3;5-7H,1-4H3/b10-9-;9-8+;9-6-;8-7-;8-5+. The van der Waals surface area contributed by atoms with E-state index in [4.69, 9.17) is 0 Å². The average molecular weight is 689 g/mol. The summed E-state index contributed by atoms with van der Waals surface area (Å²) < 4.78 is 51.0. The molecule has 0 saturated heterocycles. The van der Waals surface area contributed by atoms with Gasteiger partial charge < -0.3 is 0 Å². The van der Waals surface area contributed by atoms with Crippen LogP contribution in [-0.2, 0) is 0 Å². The van der Waals surface area contributed by atoms with Crippen molar-refractivity contribution in [2.24, 2.45) is 59.2 Å². The minimum absolute atomic E-state index is 0.00463. The maximum absolute atomic E-state index is 13.0. The summed E-state index contributed by atoms with van der Waals surface area (Å²) in [6.45, 7) is 48.4. The molecule has 0 spiro atoms. The van der Waals surface area contributed by atoms with Crippen molar-refractivity contribution in [3.8, 4) is 0 Å². The molecule has 48 heavy (non-hydrogen) atoms. The molecule has 0 aromatic rings. The first-order valence-corrected chi connectivity index (χ1v) is 18.6. The van der Waals surface area contributed by atoms with E-state index in [1.807, 2.05) is 62.3 Å². The Hall–Kier alpha value is -1.58. The minimum atomic E-state index is -0.616. The third kappa shape index (κ3) is 32.9. The van der Waals surface area contributed by atoms with Gasteiger partial charge in [0, 0.05) is 23.7 Å². The molecule has 0 atom stereocenters. The fourth-order valence-electron chi connectivity index (χ4n) is 3.42. The molecule has 0 rings (SSSR count). The lowest BCUT2D eigenvalue weighted by atomic mass is 9.93. The van der Waals surface area contributed by atoms with E-state index in [1.165, 1.54) is 5.57 Å². The quantitative estimate of drug-likeness (QED) is 0.158. The molecule has 0 saturated carbocycles. The summed E-state index contributed by atoms with van der Waals surface area (Å²) in [5.74, 6) is 1.75. The Morgan fingerprint density at radius 2 is 0.583 bits per heavy atom. The summed E-state index contributed by atoms with van der Waals surface area (Å²) in [4.78, 5) is 0. The molecule has 0 aliphatic rings. The van der Waals surface area contributed by atoms with Gasteiger partial charge in [-0.1, -0.05) is 167 Å². The molecule has 0 unspecified atom stereocenters. The van der Waals surface area contributed by atoms with E-state index < -0.39 is 11.7 Å². The molecule has 0 aliphatic carbocycles. The highest BCUT2D eigenvalue weighted by molar-refractivity contribution is 5.13. The summed E-state index contributed by atoms with van der Waals surface area (Å²) >= 11 is 0. The highest BCUT2D eigenvalue weighted by Crippen LogP contribution is 2.23. The Morgan fingerprint density at radius 3 is 0.688 bits per heavy atom. The Morgan fingerprint density at radius 1 is 0.312 bits per heavy atom. The molecule has 0 bridgehead atoms. The fourth-order valence-corrected chi connectivity index (χ4v) is 3.42. The van der Waals surface area contributed by atoms with Gasteiger partial charge in [0.2, 0.25) is 0 Å². The molecule has 0 amide bonds. The molecule has 0 heterocycles. The zero-order chi connectivity index (χ0) is 39.8. The van der Waals surface area contributed by atoms with E-state index in [0.29, 0.717) is 35.5 Å². The molecule has 0 fully saturated rings. The van der Waals surface area contributed by atoms with Gasteiger partial charge in [-0.25, -0.2) is 17.6 Å². The van der Waals surface area contributed by atoms with Crippen LogP contribution in [0.4, 0.5) is 17.6 Å². The summed E-state index contributed by atoms with van der Waals surface area (Å²) in [7, 11) is 0. The van der Waals surface area contributed by atoms with Gasteiger partial charge >= 0.3 is 0 Å². The second-order valence-corrected chi connectivity index (χ2v) is 16.3. The Labute approximate surface area is 300 Å². The number of rotatable bonds is 10. The predicted molar refractivity (Wildman–Crippen MR) is 213 cm³/mol. The SMILES string of the molecule is C/C(=C(\C)C(C)C)C(C)C.C/C(=C(\F)C(C)C)C(C)C.C/C(=C/C(C)C)C(C)C.CC(C)/C(F)=C(/F)C(C)C.CC(C)/C=C(/F)C(C)C. The average Bonchev–Trinajstić information content (AvgIpc) is 2.94. The largest absolute Gasteiger partial charge is 0.212 e. The molecule has 0 radical (unpaired) electrons. The Balaban J connectivity index is -0.000000161. The smallest absolute Gasteiger partial charge is 0.134 e. The Kier molecular flexibility index (Phi) is 35.2. The first kappa shape index (κ1) is 55.8. The van der Waals surface area contributed by atoms with Gasteiger partial charge in [0.25, 0.3) is 0 Å². The van der Waals surface area contributed by atoms with Crippen molar-refractivity contribution in [1.29, 1.82) is 0 Å². The zero-order valence-electron chi connectivity index (χ0n) is 36.4. The zero-order valence-corrected chi connectivity index (χ0v) is 36.4. The van der Waals surface area contributed by atoms with Gasteiger partial charge in [-0.3, -0.25) is 0 Å². The maximum Gasteiger partial charge on any atom is 0.134 e. The maximum atomic E-state index is 13.0. The van der Waals surface area contributed by atoms with E-state index >= 15 is 0 Å². The lowest BCUT2D eigenvalue weighted by molar-refractivity contribution is 0.417. The molecule has 0 aromatic heterocycles.